The van der Waals surface area contributed by atoms with Gasteiger partial charge in [-0.1, -0.05) is 0 Å². The van der Waals surface area contributed by atoms with Gasteiger partial charge in [0.05, 0.1) is 23.9 Å². The molecule has 2 aromatic rings. The third-order valence-electron chi connectivity index (χ3n) is 5.87. The first-order chi connectivity index (χ1) is 14.0. The first kappa shape index (κ1) is 19.3. The van der Waals surface area contributed by atoms with Crippen molar-refractivity contribution in [3.8, 4) is 6.07 Å². The summed E-state index contributed by atoms with van der Waals surface area (Å²) in [4.78, 5) is 32.3. The van der Waals surface area contributed by atoms with Gasteiger partial charge in [-0.3, -0.25) is 14.6 Å². The highest BCUT2D eigenvalue weighted by molar-refractivity contribution is 5.95. The highest BCUT2D eigenvalue weighted by Gasteiger charge is 2.28. The van der Waals surface area contributed by atoms with E-state index < -0.39 is 0 Å². The van der Waals surface area contributed by atoms with Crippen LogP contribution in [0.3, 0.4) is 0 Å². The summed E-state index contributed by atoms with van der Waals surface area (Å²) in [6.07, 6.45) is 6.02. The Morgan fingerprint density at radius 1 is 1.41 bits per heavy atom. The fourth-order valence-corrected chi connectivity index (χ4v) is 4.21. The number of ether oxygens (including phenoxy) is 1. The molecule has 29 heavy (non-hydrogen) atoms. The smallest absolute Gasteiger partial charge is 0.263 e. The zero-order valence-corrected chi connectivity index (χ0v) is 16.8. The van der Waals surface area contributed by atoms with E-state index in [9.17, 15) is 14.9 Å². The van der Waals surface area contributed by atoms with Crippen molar-refractivity contribution < 1.29 is 9.53 Å². The second-order valence-electron chi connectivity index (χ2n) is 7.78. The van der Waals surface area contributed by atoms with Gasteiger partial charge >= 0.3 is 0 Å². The van der Waals surface area contributed by atoms with Crippen LogP contribution in [0.15, 0.2) is 23.3 Å². The molecule has 1 fully saturated rings. The molecule has 0 spiro atoms. The van der Waals surface area contributed by atoms with Crippen molar-refractivity contribution in [1.82, 2.24) is 14.5 Å². The minimum Gasteiger partial charge on any atom is -0.376 e. The Kier molecular flexibility index (Phi) is 5.20. The summed E-state index contributed by atoms with van der Waals surface area (Å²) in [6.45, 7) is 5.64. The van der Waals surface area contributed by atoms with E-state index in [-0.39, 0.29) is 23.1 Å². The fourth-order valence-electron chi connectivity index (χ4n) is 4.21. The minimum atomic E-state index is -0.268. The van der Waals surface area contributed by atoms with Gasteiger partial charge in [-0.05, 0) is 55.9 Å². The van der Waals surface area contributed by atoms with Crippen LogP contribution in [0.2, 0.25) is 0 Å². The Hall–Kier alpha value is -2.98. The van der Waals surface area contributed by atoms with E-state index >= 15 is 0 Å². The first-order valence-electron chi connectivity index (χ1n) is 9.98. The van der Waals surface area contributed by atoms with Crippen molar-refractivity contribution in [3.63, 3.8) is 0 Å². The van der Waals surface area contributed by atoms with E-state index in [0.29, 0.717) is 42.9 Å². The zero-order valence-electron chi connectivity index (χ0n) is 16.8. The van der Waals surface area contributed by atoms with Gasteiger partial charge in [-0.25, -0.2) is 0 Å². The topological polar surface area (TPSA) is 88.2 Å². The number of aryl methyl sites for hydroxylation is 2. The summed E-state index contributed by atoms with van der Waals surface area (Å²) in [5.41, 5.74) is 3.77. The number of carbonyl (C=O) groups is 1. The van der Waals surface area contributed by atoms with Gasteiger partial charge in [0.2, 0.25) is 0 Å². The number of pyridine rings is 2. The van der Waals surface area contributed by atoms with Gasteiger partial charge in [-0.15, -0.1) is 0 Å². The highest BCUT2D eigenvalue weighted by atomic mass is 16.5. The Bertz CT molecular complexity index is 1060. The molecule has 1 unspecified atom stereocenters. The van der Waals surface area contributed by atoms with Gasteiger partial charge in [0.1, 0.15) is 11.6 Å². The number of hydrogen-bond donors (Lipinski definition) is 0. The number of rotatable bonds is 3. The molecule has 7 heteroatoms. The molecule has 7 nitrogen and oxygen atoms in total. The van der Waals surface area contributed by atoms with E-state index in [1.807, 2.05) is 13.0 Å². The molecule has 1 atom stereocenters. The lowest BCUT2D eigenvalue weighted by molar-refractivity contribution is 0.0728. The molecule has 0 bridgehead atoms. The van der Waals surface area contributed by atoms with Crippen molar-refractivity contribution in [2.45, 2.75) is 52.3 Å². The normalized spacial score (nSPS) is 18.4. The molecular weight excluding hydrogens is 368 g/mol. The number of nitriles is 1. The maximum absolute atomic E-state index is 13.3. The summed E-state index contributed by atoms with van der Waals surface area (Å²) < 4.78 is 7.23. The van der Waals surface area contributed by atoms with E-state index in [1.165, 1.54) is 0 Å². The van der Waals surface area contributed by atoms with E-state index in [1.54, 1.807) is 28.8 Å². The molecule has 4 rings (SSSR count). The lowest BCUT2D eigenvalue weighted by Crippen LogP contribution is -2.41. The lowest BCUT2D eigenvalue weighted by atomic mass is 9.95. The molecule has 0 radical (unpaired) electrons. The Balaban J connectivity index is 1.62. The number of fused-ring (bicyclic) bond motifs is 1. The van der Waals surface area contributed by atoms with Crippen molar-refractivity contribution in [2.24, 2.45) is 0 Å². The van der Waals surface area contributed by atoms with Crippen LogP contribution in [0.25, 0.3) is 0 Å². The highest BCUT2D eigenvalue weighted by Crippen LogP contribution is 2.24. The number of nitrogens with zero attached hydrogens (tertiary/aromatic N) is 4. The van der Waals surface area contributed by atoms with Crippen LogP contribution in [0.5, 0.6) is 0 Å². The second kappa shape index (κ2) is 7.80. The summed E-state index contributed by atoms with van der Waals surface area (Å²) in [5.74, 6) is -0.265. The third kappa shape index (κ3) is 3.56. The number of aromatic nitrogens is 2. The maximum atomic E-state index is 13.3. The van der Waals surface area contributed by atoms with Crippen LogP contribution in [-0.2, 0) is 24.2 Å². The van der Waals surface area contributed by atoms with Gasteiger partial charge in [0, 0.05) is 32.1 Å². The zero-order chi connectivity index (χ0) is 20.5. The van der Waals surface area contributed by atoms with Crippen LogP contribution >= 0.6 is 0 Å². The molecule has 0 N–H and O–H groups in total. The Morgan fingerprint density at radius 2 is 2.24 bits per heavy atom. The molecule has 4 heterocycles. The number of hydrogen-bond acceptors (Lipinski definition) is 5. The van der Waals surface area contributed by atoms with Gasteiger partial charge < -0.3 is 14.2 Å². The standard InChI is InChI=1S/C22H24N4O3/c1-14-5-7-26(13-17-4-3-9-29-17)22(28)20(14)21(27)25-8-6-18-16(12-25)11-24-15(2)19(18)10-23/h5,7,11,17H,3-4,6,8-9,12-13H2,1-2H3. The van der Waals surface area contributed by atoms with Gasteiger partial charge in [0.25, 0.3) is 11.5 Å². The Labute approximate surface area is 169 Å². The minimum absolute atomic E-state index is 0.0268. The van der Waals surface area contributed by atoms with Crippen molar-refractivity contribution >= 4 is 5.91 Å². The molecule has 150 valence electrons. The predicted molar refractivity (Wildman–Crippen MR) is 107 cm³/mol. The molecule has 0 aromatic carbocycles. The molecule has 2 aliphatic heterocycles. The van der Waals surface area contributed by atoms with Crippen molar-refractivity contribution in [1.29, 1.82) is 5.26 Å². The molecule has 1 amide bonds. The third-order valence-corrected chi connectivity index (χ3v) is 5.87. The monoisotopic (exact) mass is 392 g/mol. The number of carbonyl (C=O) groups excluding carboxylic acids is 1. The van der Waals surface area contributed by atoms with Crippen LogP contribution in [0.1, 0.15) is 51.1 Å². The fraction of sp³-hybridized carbons (Fsp3) is 0.455. The van der Waals surface area contributed by atoms with Crippen LogP contribution in [0, 0.1) is 25.2 Å². The molecule has 0 aliphatic carbocycles. The summed E-state index contributed by atoms with van der Waals surface area (Å²) in [7, 11) is 0. The molecule has 2 aliphatic rings. The van der Waals surface area contributed by atoms with Crippen molar-refractivity contribution in [2.75, 3.05) is 13.2 Å². The summed E-state index contributed by atoms with van der Waals surface area (Å²) in [5, 5.41) is 9.42. The number of amides is 1. The quantitative estimate of drug-likeness (QED) is 0.798. The lowest BCUT2D eigenvalue weighted by Gasteiger charge is -2.30. The van der Waals surface area contributed by atoms with E-state index in [0.717, 1.165) is 30.6 Å². The van der Waals surface area contributed by atoms with Gasteiger partial charge in [-0.2, -0.15) is 5.26 Å². The first-order valence-corrected chi connectivity index (χ1v) is 9.98. The molecular formula is C22H24N4O3. The molecule has 0 saturated carbocycles. The second-order valence-corrected chi connectivity index (χ2v) is 7.78. The van der Waals surface area contributed by atoms with Gasteiger partial charge in [0.15, 0.2) is 0 Å². The summed E-state index contributed by atoms with van der Waals surface area (Å²) >= 11 is 0. The maximum Gasteiger partial charge on any atom is 0.263 e. The largest absolute Gasteiger partial charge is 0.376 e. The Morgan fingerprint density at radius 3 is 2.97 bits per heavy atom. The molecule has 2 aromatic heterocycles. The average molecular weight is 392 g/mol. The van der Waals surface area contributed by atoms with Crippen LogP contribution in [0.4, 0.5) is 0 Å². The summed E-state index contributed by atoms with van der Waals surface area (Å²) in [6, 6.07) is 4.05. The van der Waals surface area contributed by atoms with E-state index in [2.05, 4.69) is 11.1 Å². The predicted octanol–water partition coefficient (Wildman–Crippen LogP) is 2.11. The van der Waals surface area contributed by atoms with E-state index in [4.69, 9.17) is 4.74 Å². The molecule has 1 saturated heterocycles. The SMILES string of the molecule is Cc1ccn(CC2CCCO2)c(=O)c1C(=O)N1CCc2c(cnc(C)c2C#N)C1. The average Bonchev–Trinajstić information content (AvgIpc) is 3.23. The van der Waals surface area contributed by atoms with Crippen LogP contribution < -0.4 is 5.56 Å². The van der Waals surface area contributed by atoms with Crippen molar-refractivity contribution in [3.05, 3.63) is 62.3 Å². The van der Waals surface area contributed by atoms with Crippen LogP contribution in [-0.4, -0.2) is 39.6 Å².